The van der Waals surface area contributed by atoms with Crippen LogP contribution in [-0.2, 0) is 0 Å². The summed E-state index contributed by atoms with van der Waals surface area (Å²) in [6.07, 6.45) is 0. The molecular weight excluding hydrogens is 87.0 g/mol. The topological polar surface area (TPSA) is 46.3 Å². The summed E-state index contributed by atoms with van der Waals surface area (Å²) < 4.78 is 0. The Labute approximate surface area is 55.0 Å². The van der Waals surface area contributed by atoms with E-state index in [0.717, 1.165) is 0 Å². The Bertz CT molecular complexity index is 64.0. The zero-order chi connectivity index (χ0) is 5.15. The second kappa shape index (κ2) is 4.04. The molecule has 0 aliphatic rings. The van der Waals surface area contributed by atoms with Crippen LogP contribution in [0.5, 0.6) is 0 Å². The zero-order valence-corrected chi connectivity index (χ0v) is 4.93. The largest absolute Gasteiger partial charge is 1.00 e. The van der Waals surface area contributed by atoms with Crippen molar-refractivity contribution < 1.29 is 23.7 Å². The molecule has 3 nitrogen and oxygen atoms in total. The molecule has 0 aromatic carbocycles. The van der Waals surface area contributed by atoms with Crippen molar-refractivity contribution in [1.82, 2.24) is 4.90 Å². The number of hydrogen-bond donors (Lipinski definition) is 1. The Morgan fingerprint density at radius 3 is 1.71 bits per heavy atom. The van der Waals surface area contributed by atoms with E-state index >= 15 is 0 Å². The Morgan fingerprint density at radius 1 is 1.57 bits per heavy atom. The van der Waals surface area contributed by atoms with E-state index in [1.54, 1.807) is 14.1 Å². The summed E-state index contributed by atoms with van der Waals surface area (Å²) in [6.45, 7) is 0. The molecule has 7 heavy (non-hydrogen) atoms. The van der Waals surface area contributed by atoms with Crippen molar-refractivity contribution >= 4 is 6.03 Å². The molecule has 4 heteroatoms. The summed E-state index contributed by atoms with van der Waals surface area (Å²) in [4.78, 5) is 11.2. The summed E-state index contributed by atoms with van der Waals surface area (Å²) in [5.41, 5.74) is 4.72. The van der Waals surface area contributed by atoms with Crippen LogP contribution in [0, 0.1) is 0 Å². The monoisotopic (exact) mass is 95.1 g/mol. The standard InChI is InChI=1S/C3H8N2O.Li/c1-5(2)3(4)6;/h1-2H3,(H2,4,6);/q;+1. The predicted octanol–water partition coefficient (Wildman–Crippen LogP) is -3.37. The van der Waals surface area contributed by atoms with Gasteiger partial charge in [0.15, 0.2) is 0 Å². The number of nitrogens with two attached hydrogens (primary N) is 1. The summed E-state index contributed by atoms with van der Waals surface area (Å²) in [5, 5.41) is 0. The first-order valence-electron chi connectivity index (χ1n) is 1.61. The van der Waals surface area contributed by atoms with Gasteiger partial charge in [0, 0.05) is 14.1 Å². The van der Waals surface area contributed by atoms with E-state index in [-0.39, 0.29) is 18.9 Å². The molecule has 0 bridgehead atoms. The number of primary amides is 1. The van der Waals surface area contributed by atoms with E-state index in [2.05, 4.69) is 0 Å². The molecule has 2 N–H and O–H groups in total. The molecule has 0 rings (SSSR count). The average molecular weight is 95.1 g/mol. The molecule has 0 aromatic rings. The van der Waals surface area contributed by atoms with Crippen LogP contribution in [0.15, 0.2) is 0 Å². The van der Waals surface area contributed by atoms with Gasteiger partial charge < -0.3 is 10.6 Å². The second-order valence-corrected chi connectivity index (χ2v) is 1.23. The van der Waals surface area contributed by atoms with Gasteiger partial charge in [0.1, 0.15) is 0 Å². The number of hydrogen-bond acceptors (Lipinski definition) is 1. The first-order valence-corrected chi connectivity index (χ1v) is 1.61. The molecule has 0 aliphatic heterocycles. The smallest absolute Gasteiger partial charge is 0.352 e. The minimum absolute atomic E-state index is 0. The maximum absolute atomic E-state index is 9.85. The third-order valence-electron chi connectivity index (χ3n) is 0.441. The van der Waals surface area contributed by atoms with E-state index in [1.807, 2.05) is 0 Å². The number of amides is 2. The zero-order valence-electron chi connectivity index (χ0n) is 4.93. The van der Waals surface area contributed by atoms with Crippen LogP contribution in [0.2, 0.25) is 0 Å². The van der Waals surface area contributed by atoms with Crippen molar-refractivity contribution in [3.63, 3.8) is 0 Å². The third kappa shape index (κ3) is 5.87. The van der Waals surface area contributed by atoms with E-state index in [1.165, 1.54) is 4.90 Å². The number of urea groups is 1. The van der Waals surface area contributed by atoms with Gasteiger partial charge in [0.2, 0.25) is 0 Å². The van der Waals surface area contributed by atoms with Crippen molar-refractivity contribution in [2.24, 2.45) is 5.73 Å². The summed E-state index contributed by atoms with van der Waals surface area (Å²) in [6, 6.07) is -0.407. The van der Waals surface area contributed by atoms with Gasteiger partial charge in [-0.05, 0) is 0 Å². The van der Waals surface area contributed by atoms with Crippen LogP contribution in [-0.4, -0.2) is 25.0 Å². The average Bonchev–Trinajstić information content (AvgIpc) is 1.36. The van der Waals surface area contributed by atoms with Crippen LogP contribution in [0.3, 0.4) is 0 Å². The van der Waals surface area contributed by atoms with Gasteiger partial charge in [-0.1, -0.05) is 0 Å². The molecule has 0 saturated carbocycles. The minimum Gasteiger partial charge on any atom is -0.352 e. The van der Waals surface area contributed by atoms with Gasteiger partial charge in [0.05, 0.1) is 0 Å². The Kier molecular flexibility index (Phi) is 5.76. The fourth-order valence-electron chi connectivity index (χ4n) is 0. The molecular formula is C3H8LiN2O+. The van der Waals surface area contributed by atoms with Crippen LogP contribution in [0.1, 0.15) is 0 Å². The Hall–Kier alpha value is -0.133. The van der Waals surface area contributed by atoms with Gasteiger partial charge in [-0.15, -0.1) is 0 Å². The fraction of sp³-hybridized carbons (Fsp3) is 0.667. The normalized spacial score (nSPS) is 6.57. The number of carbonyl (C=O) groups excluding carboxylic acids is 1. The van der Waals surface area contributed by atoms with Crippen LogP contribution >= 0.6 is 0 Å². The molecule has 0 heterocycles. The summed E-state index contributed by atoms with van der Waals surface area (Å²) in [5.74, 6) is 0. The molecule has 0 fully saturated rings. The van der Waals surface area contributed by atoms with Crippen molar-refractivity contribution in [2.75, 3.05) is 14.1 Å². The van der Waals surface area contributed by atoms with Gasteiger partial charge >= 0.3 is 24.9 Å². The third-order valence-corrected chi connectivity index (χ3v) is 0.441. The van der Waals surface area contributed by atoms with E-state index < -0.39 is 6.03 Å². The van der Waals surface area contributed by atoms with E-state index in [9.17, 15) is 4.79 Å². The van der Waals surface area contributed by atoms with Crippen molar-refractivity contribution in [3.8, 4) is 0 Å². The first kappa shape index (κ1) is 9.98. The quantitative estimate of drug-likeness (QED) is 0.314. The van der Waals surface area contributed by atoms with Crippen LogP contribution in [0.4, 0.5) is 4.79 Å². The molecule has 0 saturated heterocycles. The molecule has 0 atom stereocenters. The maximum Gasteiger partial charge on any atom is 1.00 e. The fourth-order valence-corrected chi connectivity index (χ4v) is 0. The van der Waals surface area contributed by atoms with Crippen LogP contribution in [0.25, 0.3) is 0 Å². The Balaban J connectivity index is 0. The summed E-state index contributed by atoms with van der Waals surface area (Å²) in [7, 11) is 3.20. The van der Waals surface area contributed by atoms with Crippen molar-refractivity contribution in [2.45, 2.75) is 0 Å². The minimum atomic E-state index is -0.407. The van der Waals surface area contributed by atoms with Gasteiger partial charge in [-0.3, -0.25) is 0 Å². The second-order valence-electron chi connectivity index (χ2n) is 1.23. The number of rotatable bonds is 0. The predicted molar refractivity (Wildman–Crippen MR) is 23.3 cm³/mol. The van der Waals surface area contributed by atoms with Gasteiger partial charge in [-0.2, -0.15) is 0 Å². The SMILES string of the molecule is CN(C)C(N)=O.[Li+]. The maximum atomic E-state index is 9.85. The number of carbonyl (C=O) groups is 1. The van der Waals surface area contributed by atoms with Crippen molar-refractivity contribution in [1.29, 1.82) is 0 Å². The first-order chi connectivity index (χ1) is 2.64. The Morgan fingerprint density at radius 2 is 1.71 bits per heavy atom. The molecule has 0 unspecified atom stereocenters. The molecule has 36 valence electrons. The van der Waals surface area contributed by atoms with Gasteiger partial charge in [0.25, 0.3) is 0 Å². The molecule has 0 radical (unpaired) electrons. The number of nitrogens with zero attached hydrogens (tertiary/aromatic N) is 1. The van der Waals surface area contributed by atoms with Crippen LogP contribution < -0.4 is 24.6 Å². The summed E-state index contributed by atoms with van der Waals surface area (Å²) >= 11 is 0. The molecule has 2 amide bonds. The molecule has 0 aromatic heterocycles. The van der Waals surface area contributed by atoms with Crippen molar-refractivity contribution in [3.05, 3.63) is 0 Å². The van der Waals surface area contributed by atoms with Gasteiger partial charge in [-0.25, -0.2) is 4.79 Å². The molecule has 0 aliphatic carbocycles. The molecule has 0 spiro atoms. The van der Waals surface area contributed by atoms with E-state index in [0.29, 0.717) is 0 Å². The van der Waals surface area contributed by atoms with E-state index in [4.69, 9.17) is 5.73 Å².